The Bertz CT molecular complexity index is 510. The molecule has 1 aromatic rings. The van der Waals surface area contributed by atoms with E-state index in [4.69, 9.17) is 16.3 Å². The van der Waals surface area contributed by atoms with Gasteiger partial charge in [-0.05, 0) is 46.0 Å². The Morgan fingerprint density at radius 3 is 2.50 bits per heavy atom. The maximum atomic E-state index is 11.8. The molecule has 1 rings (SSSR count). The van der Waals surface area contributed by atoms with Gasteiger partial charge in [-0.1, -0.05) is 11.6 Å². The first-order chi connectivity index (χ1) is 9.23. The molecule has 2 N–H and O–H groups in total. The molecule has 20 heavy (non-hydrogen) atoms. The minimum absolute atomic E-state index is 0.148. The molecule has 6 heteroatoms. The second kappa shape index (κ2) is 6.72. The Kier molecular flexibility index (Phi) is 5.53. The highest BCUT2D eigenvalue weighted by Crippen LogP contribution is 2.21. The number of ether oxygens (including phenoxy) is 1. The van der Waals surface area contributed by atoms with Crippen LogP contribution in [0.15, 0.2) is 18.2 Å². The van der Waals surface area contributed by atoms with E-state index in [9.17, 15) is 9.59 Å². The summed E-state index contributed by atoms with van der Waals surface area (Å²) in [5.41, 5.74) is 0.235. The molecule has 0 aliphatic carbocycles. The zero-order valence-corrected chi connectivity index (χ0v) is 12.8. The van der Waals surface area contributed by atoms with Gasteiger partial charge in [0.15, 0.2) is 5.78 Å². The SMILES string of the molecule is CNCC(=O)c1cc(NC(=O)OC(C)(C)C)ccc1Cl. The number of amides is 1. The van der Waals surface area contributed by atoms with E-state index in [2.05, 4.69) is 10.6 Å². The van der Waals surface area contributed by atoms with Crippen molar-refractivity contribution in [2.75, 3.05) is 18.9 Å². The van der Waals surface area contributed by atoms with E-state index in [-0.39, 0.29) is 12.3 Å². The number of nitrogens with one attached hydrogen (secondary N) is 2. The molecule has 0 saturated heterocycles. The second-order valence-corrected chi connectivity index (χ2v) is 5.68. The van der Waals surface area contributed by atoms with Gasteiger partial charge in [-0.2, -0.15) is 0 Å². The van der Waals surface area contributed by atoms with Crippen molar-refractivity contribution < 1.29 is 14.3 Å². The summed E-state index contributed by atoms with van der Waals surface area (Å²) >= 11 is 5.98. The van der Waals surface area contributed by atoms with E-state index >= 15 is 0 Å². The maximum absolute atomic E-state index is 11.8. The van der Waals surface area contributed by atoms with Crippen molar-refractivity contribution in [2.24, 2.45) is 0 Å². The second-order valence-electron chi connectivity index (χ2n) is 5.28. The summed E-state index contributed by atoms with van der Waals surface area (Å²) in [7, 11) is 1.68. The zero-order valence-electron chi connectivity index (χ0n) is 12.0. The molecule has 0 bridgehead atoms. The average Bonchev–Trinajstić information content (AvgIpc) is 2.29. The van der Waals surface area contributed by atoms with Gasteiger partial charge in [0, 0.05) is 11.3 Å². The summed E-state index contributed by atoms with van der Waals surface area (Å²) in [6, 6.07) is 4.71. The quantitative estimate of drug-likeness (QED) is 0.838. The lowest BCUT2D eigenvalue weighted by Gasteiger charge is -2.19. The third-order valence-electron chi connectivity index (χ3n) is 2.25. The van der Waals surface area contributed by atoms with Crippen LogP contribution < -0.4 is 10.6 Å². The van der Waals surface area contributed by atoms with E-state index in [0.29, 0.717) is 16.3 Å². The van der Waals surface area contributed by atoms with Crippen molar-refractivity contribution in [3.05, 3.63) is 28.8 Å². The molecule has 0 aliphatic rings. The number of halogens is 1. The van der Waals surface area contributed by atoms with Crippen LogP contribution in [0.4, 0.5) is 10.5 Å². The Hall–Kier alpha value is -1.59. The molecule has 0 radical (unpaired) electrons. The molecule has 0 saturated carbocycles. The molecule has 1 amide bonds. The molecular weight excluding hydrogens is 280 g/mol. The highest BCUT2D eigenvalue weighted by atomic mass is 35.5. The minimum Gasteiger partial charge on any atom is -0.444 e. The van der Waals surface area contributed by atoms with Gasteiger partial charge in [0.1, 0.15) is 5.60 Å². The van der Waals surface area contributed by atoms with Gasteiger partial charge in [0.2, 0.25) is 0 Å². The molecule has 0 aromatic heterocycles. The summed E-state index contributed by atoms with van der Waals surface area (Å²) in [6.45, 7) is 5.50. The van der Waals surface area contributed by atoms with Crippen LogP contribution in [-0.4, -0.2) is 31.1 Å². The fourth-order valence-corrected chi connectivity index (χ4v) is 1.72. The van der Waals surface area contributed by atoms with E-state index in [1.165, 1.54) is 6.07 Å². The van der Waals surface area contributed by atoms with Crippen molar-refractivity contribution in [1.29, 1.82) is 0 Å². The molecule has 0 atom stereocenters. The summed E-state index contributed by atoms with van der Waals surface area (Å²) < 4.78 is 5.14. The number of hydrogen-bond acceptors (Lipinski definition) is 4. The molecule has 0 unspecified atom stereocenters. The average molecular weight is 299 g/mol. The molecule has 0 aliphatic heterocycles. The molecular formula is C14H19ClN2O3. The number of benzene rings is 1. The van der Waals surface area contributed by atoms with E-state index in [1.54, 1.807) is 40.0 Å². The highest BCUT2D eigenvalue weighted by molar-refractivity contribution is 6.34. The topological polar surface area (TPSA) is 67.4 Å². The predicted octanol–water partition coefficient (Wildman–Crippen LogP) is 3.09. The monoisotopic (exact) mass is 298 g/mol. The van der Waals surface area contributed by atoms with Gasteiger partial charge >= 0.3 is 6.09 Å². The summed E-state index contributed by atoms with van der Waals surface area (Å²) in [5, 5.41) is 5.68. The zero-order chi connectivity index (χ0) is 15.3. The van der Waals surface area contributed by atoms with Crippen LogP contribution in [0.3, 0.4) is 0 Å². The first kappa shape index (κ1) is 16.5. The summed E-state index contributed by atoms with van der Waals surface area (Å²) in [4.78, 5) is 23.5. The number of anilines is 1. The first-order valence-electron chi connectivity index (χ1n) is 6.20. The largest absolute Gasteiger partial charge is 0.444 e. The van der Waals surface area contributed by atoms with Crippen LogP contribution in [0.5, 0.6) is 0 Å². The Labute approximate surface area is 123 Å². The lowest BCUT2D eigenvalue weighted by atomic mass is 10.1. The fraction of sp³-hybridized carbons (Fsp3) is 0.429. The molecule has 0 heterocycles. The number of likely N-dealkylation sites (N-methyl/N-ethyl adjacent to an activating group) is 1. The lowest BCUT2D eigenvalue weighted by Crippen LogP contribution is -2.27. The summed E-state index contributed by atoms with van der Waals surface area (Å²) in [6.07, 6.45) is -0.577. The van der Waals surface area contributed by atoms with Gasteiger partial charge in [0.25, 0.3) is 0 Å². The van der Waals surface area contributed by atoms with E-state index in [1.807, 2.05) is 0 Å². The third-order valence-corrected chi connectivity index (χ3v) is 2.58. The van der Waals surface area contributed by atoms with Crippen molar-refractivity contribution in [2.45, 2.75) is 26.4 Å². The maximum Gasteiger partial charge on any atom is 0.412 e. The number of Topliss-reactive ketones (excluding diaryl/α,β-unsaturated/α-hetero) is 1. The molecule has 5 nitrogen and oxygen atoms in total. The predicted molar refractivity (Wildman–Crippen MR) is 79.6 cm³/mol. The van der Waals surface area contributed by atoms with Gasteiger partial charge in [-0.25, -0.2) is 4.79 Å². The van der Waals surface area contributed by atoms with Crippen LogP contribution >= 0.6 is 11.6 Å². The number of carbonyl (C=O) groups excluding carboxylic acids is 2. The minimum atomic E-state index is -0.582. The number of carbonyl (C=O) groups is 2. The molecule has 0 fully saturated rings. The van der Waals surface area contributed by atoms with Gasteiger partial charge < -0.3 is 10.1 Å². The molecule has 1 aromatic carbocycles. The van der Waals surface area contributed by atoms with Crippen molar-refractivity contribution in [1.82, 2.24) is 5.32 Å². The van der Waals surface area contributed by atoms with Crippen molar-refractivity contribution in [3.8, 4) is 0 Å². The third kappa shape index (κ3) is 5.19. The van der Waals surface area contributed by atoms with Gasteiger partial charge in [-0.15, -0.1) is 0 Å². The van der Waals surface area contributed by atoms with Crippen LogP contribution in [0, 0.1) is 0 Å². The van der Waals surface area contributed by atoms with Crippen LogP contribution in [0.25, 0.3) is 0 Å². The van der Waals surface area contributed by atoms with Crippen LogP contribution in [-0.2, 0) is 4.74 Å². The number of rotatable bonds is 4. The fourth-order valence-electron chi connectivity index (χ4n) is 1.49. The molecule has 110 valence electrons. The smallest absolute Gasteiger partial charge is 0.412 e. The standard InChI is InChI=1S/C14H19ClN2O3/c1-14(2,3)20-13(19)17-9-5-6-11(15)10(7-9)12(18)8-16-4/h5-7,16H,8H2,1-4H3,(H,17,19). The number of ketones is 1. The normalized spacial score (nSPS) is 11.1. The van der Waals surface area contributed by atoms with Crippen molar-refractivity contribution >= 4 is 29.2 Å². The van der Waals surface area contributed by atoms with E-state index < -0.39 is 11.7 Å². The van der Waals surface area contributed by atoms with Crippen LogP contribution in [0.1, 0.15) is 31.1 Å². The Balaban J connectivity index is 2.85. The van der Waals surface area contributed by atoms with Crippen molar-refractivity contribution in [3.63, 3.8) is 0 Å². The Morgan fingerprint density at radius 2 is 1.95 bits per heavy atom. The first-order valence-corrected chi connectivity index (χ1v) is 6.58. The van der Waals surface area contributed by atoms with Crippen LogP contribution in [0.2, 0.25) is 5.02 Å². The Morgan fingerprint density at radius 1 is 1.30 bits per heavy atom. The van der Waals surface area contributed by atoms with Gasteiger partial charge in [-0.3, -0.25) is 10.1 Å². The van der Waals surface area contributed by atoms with Gasteiger partial charge in [0.05, 0.1) is 11.6 Å². The van der Waals surface area contributed by atoms with E-state index in [0.717, 1.165) is 0 Å². The highest BCUT2D eigenvalue weighted by Gasteiger charge is 2.17. The number of hydrogen-bond donors (Lipinski definition) is 2. The molecule has 0 spiro atoms. The lowest BCUT2D eigenvalue weighted by molar-refractivity contribution is 0.0635. The summed E-state index contributed by atoms with van der Waals surface area (Å²) in [5.74, 6) is -0.148.